The molecule has 90 valence electrons. The van der Waals surface area contributed by atoms with E-state index in [1.807, 2.05) is 0 Å². The molecular weight excluding hydrogens is 223 g/mol. The van der Waals surface area contributed by atoms with Gasteiger partial charge in [-0.15, -0.1) is 0 Å². The van der Waals surface area contributed by atoms with Crippen LogP contribution in [-0.4, -0.2) is 46.2 Å². The second-order valence-corrected chi connectivity index (χ2v) is 5.18. The van der Waals surface area contributed by atoms with E-state index in [1.54, 1.807) is 0 Å². The van der Waals surface area contributed by atoms with Crippen LogP contribution in [0.15, 0.2) is 0 Å². The van der Waals surface area contributed by atoms with E-state index in [0.717, 1.165) is 0 Å². The Labute approximate surface area is 89.4 Å². The van der Waals surface area contributed by atoms with E-state index in [2.05, 4.69) is 9.05 Å². The van der Waals surface area contributed by atoms with Gasteiger partial charge in [-0.05, 0) is 6.92 Å². The number of ether oxygens (including phenoxy) is 2. The SMILES string of the molecule is COC(C)(OC)C(=O)CP(=O)(OC)OC. The zero-order valence-corrected chi connectivity index (χ0v) is 10.5. The zero-order chi connectivity index (χ0) is 12.1. The van der Waals surface area contributed by atoms with Crippen molar-refractivity contribution < 1.29 is 27.9 Å². The van der Waals surface area contributed by atoms with Crippen LogP contribution in [0.5, 0.6) is 0 Å². The lowest BCUT2D eigenvalue weighted by molar-refractivity contribution is -0.196. The van der Waals surface area contributed by atoms with Crippen LogP contribution in [0.25, 0.3) is 0 Å². The first-order valence-electron chi connectivity index (χ1n) is 4.21. The average molecular weight is 240 g/mol. The molecular formula is C8H17O6P. The van der Waals surface area contributed by atoms with E-state index >= 15 is 0 Å². The first-order chi connectivity index (χ1) is 6.87. The predicted molar refractivity (Wildman–Crippen MR) is 53.9 cm³/mol. The van der Waals surface area contributed by atoms with Crippen molar-refractivity contribution in [2.24, 2.45) is 0 Å². The molecule has 0 aromatic carbocycles. The molecule has 6 nitrogen and oxygen atoms in total. The van der Waals surface area contributed by atoms with Crippen molar-refractivity contribution in [1.82, 2.24) is 0 Å². The number of hydrogen-bond acceptors (Lipinski definition) is 6. The Hall–Kier alpha value is -0.260. The van der Waals surface area contributed by atoms with Crippen molar-refractivity contribution >= 4 is 13.4 Å². The molecule has 0 aliphatic rings. The molecule has 0 aromatic rings. The van der Waals surface area contributed by atoms with E-state index in [4.69, 9.17) is 9.47 Å². The zero-order valence-electron chi connectivity index (χ0n) is 9.60. The second-order valence-electron chi connectivity index (χ2n) is 2.91. The van der Waals surface area contributed by atoms with Gasteiger partial charge in [0.1, 0.15) is 6.16 Å². The molecule has 0 aromatic heterocycles. The fourth-order valence-electron chi connectivity index (χ4n) is 0.834. The highest BCUT2D eigenvalue weighted by Crippen LogP contribution is 2.46. The molecule has 0 saturated carbocycles. The van der Waals surface area contributed by atoms with Crippen LogP contribution >= 0.6 is 7.60 Å². The summed E-state index contributed by atoms with van der Waals surface area (Å²) >= 11 is 0. The molecule has 0 bridgehead atoms. The molecule has 0 fully saturated rings. The molecule has 0 aliphatic carbocycles. The predicted octanol–water partition coefficient (Wildman–Crippen LogP) is 1.05. The summed E-state index contributed by atoms with van der Waals surface area (Å²) in [5.74, 6) is -1.92. The molecule has 7 heteroatoms. The molecule has 0 spiro atoms. The number of methoxy groups -OCH3 is 2. The van der Waals surface area contributed by atoms with Gasteiger partial charge in [0, 0.05) is 28.4 Å². The van der Waals surface area contributed by atoms with E-state index < -0.39 is 25.3 Å². The maximum atomic E-state index is 11.7. The van der Waals surface area contributed by atoms with Gasteiger partial charge in [-0.3, -0.25) is 9.36 Å². The van der Waals surface area contributed by atoms with Gasteiger partial charge in [0.2, 0.25) is 11.6 Å². The number of Topliss-reactive ketones (excluding diaryl/α,β-unsaturated/α-hetero) is 1. The summed E-state index contributed by atoms with van der Waals surface area (Å²) in [6, 6.07) is 0. The molecule has 0 N–H and O–H groups in total. The molecule has 0 aliphatic heterocycles. The average Bonchev–Trinajstić information content (AvgIpc) is 2.27. The van der Waals surface area contributed by atoms with Crippen LogP contribution in [0.3, 0.4) is 0 Å². The highest BCUT2D eigenvalue weighted by molar-refractivity contribution is 7.54. The highest BCUT2D eigenvalue weighted by Gasteiger charge is 2.38. The summed E-state index contributed by atoms with van der Waals surface area (Å²) in [5.41, 5.74) is 0. The van der Waals surface area contributed by atoms with Crippen molar-refractivity contribution in [3.63, 3.8) is 0 Å². The minimum atomic E-state index is -3.37. The first kappa shape index (κ1) is 14.7. The Kier molecular flexibility index (Phi) is 5.62. The van der Waals surface area contributed by atoms with Gasteiger partial charge in [0.15, 0.2) is 0 Å². The summed E-state index contributed by atoms with van der Waals surface area (Å²) < 4.78 is 30.7. The number of rotatable bonds is 7. The van der Waals surface area contributed by atoms with Crippen LogP contribution in [0.2, 0.25) is 0 Å². The van der Waals surface area contributed by atoms with Crippen LogP contribution in [0.1, 0.15) is 6.92 Å². The second kappa shape index (κ2) is 5.72. The van der Waals surface area contributed by atoms with Crippen LogP contribution in [-0.2, 0) is 27.9 Å². The van der Waals surface area contributed by atoms with E-state index in [0.29, 0.717) is 0 Å². The Morgan fingerprint density at radius 1 is 1.13 bits per heavy atom. The summed E-state index contributed by atoms with van der Waals surface area (Å²) in [6.45, 7) is 1.44. The van der Waals surface area contributed by atoms with E-state index in [-0.39, 0.29) is 0 Å². The summed E-state index contributed by atoms with van der Waals surface area (Å²) in [5, 5.41) is 0. The standard InChI is InChI=1S/C8H17O6P/c1-8(11-2,12-3)7(9)6-15(10,13-4)14-5/h6H2,1-5H3. The third kappa shape index (κ3) is 3.66. The maximum Gasteiger partial charge on any atom is 0.337 e. The fourth-order valence-corrected chi connectivity index (χ4v) is 1.88. The Morgan fingerprint density at radius 2 is 1.53 bits per heavy atom. The molecule has 0 radical (unpaired) electrons. The van der Waals surface area contributed by atoms with Crippen molar-refractivity contribution in [3.8, 4) is 0 Å². The van der Waals surface area contributed by atoms with Gasteiger partial charge in [-0.1, -0.05) is 0 Å². The third-order valence-corrected chi connectivity index (χ3v) is 3.97. The van der Waals surface area contributed by atoms with Crippen LogP contribution in [0.4, 0.5) is 0 Å². The fraction of sp³-hybridized carbons (Fsp3) is 0.875. The molecule has 0 atom stereocenters. The maximum absolute atomic E-state index is 11.7. The van der Waals surface area contributed by atoms with Gasteiger partial charge in [-0.25, -0.2) is 0 Å². The molecule has 0 saturated heterocycles. The van der Waals surface area contributed by atoms with Crippen molar-refractivity contribution in [2.75, 3.05) is 34.6 Å². The molecule has 15 heavy (non-hydrogen) atoms. The lowest BCUT2D eigenvalue weighted by Crippen LogP contribution is -2.41. The molecule has 0 amide bonds. The van der Waals surface area contributed by atoms with Gasteiger partial charge >= 0.3 is 7.60 Å². The summed E-state index contributed by atoms with van der Waals surface area (Å²) in [7, 11) is 1.71. The Bertz CT molecular complexity index is 252. The van der Waals surface area contributed by atoms with Gasteiger partial charge in [0.25, 0.3) is 0 Å². The monoisotopic (exact) mass is 240 g/mol. The highest BCUT2D eigenvalue weighted by atomic mass is 31.2. The van der Waals surface area contributed by atoms with Gasteiger partial charge in [0.05, 0.1) is 0 Å². The Balaban J connectivity index is 4.68. The van der Waals surface area contributed by atoms with E-state index in [1.165, 1.54) is 35.4 Å². The van der Waals surface area contributed by atoms with Crippen LogP contribution < -0.4 is 0 Å². The number of hydrogen-bond donors (Lipinski definition) is 0. The van der Waals surface area contributed by atoms with Crippen molar-refractivity contribution in [1.29, 1.82) is 0 Å². The number of carbonyl (C=O) groups excluding carboxylic acids is 1. The Morgan fingerprint density at radius 3 is 1.80 bits per heavy atom. The normalized spacial score (nSPS) is 12.9. The lowest BCUT2D eigenvalue weighted by atomic mass is 10.2. The summed E-state index contributed by atoms with van der Waals surface area (Å²) in [6.07, 6.45) is -0.391. The summed E-state index contributed by atoms with van der Waals surface area (Å²) in [4.78, 5) is 11.7. The van der Waals surface area contributed by atoms with E-state index in [9.17, 15) is 9.36 Å². The number of ketones is 1. The van der Waals surface area contributed by atoms with Crippen molar-refractivity contribution in [3.05, 3.63) is 0 Å². The minimum Gasteiger partial charge on any atom is -0.347 e. The largest absolute Gasteiger partial charge is 0.347 e. The number of carbonyl (C=O) groups is 1. The van der Waals surface area contributed by atoms with Crippen molar-refractivity contribution in [2.45, 2.75) is 12.7 Å². The third-order valence-electron chi connectivity index (χ3n) is 2.18. The first-order valence-corrected chi connectivity index (χ1v) is 5.94. The molecule has 0 unspecified atom stereocenters. The molecule has 0 rings (SSSR count). The van der Waals surface area contributed by atoms with Gasteiger partial charge < -0.3 is 18.5 Å². The quantitative estimate of drug-likeness (QED) is 0.489. The van der Waals surface area contributed by atoms with Crippen LogP contribution in [0, 0.1) is 0 Å². The topological polar surface area (TPSA) is 71.1 Å². The van der Waals surface area contributed by atoms with Gasteiger partial charge in [-0.2, -0.15) is 0 Å². The molecule has 0 heterocycles. The smallest absolute Gasteiger partial charge is 0.337 e. The minimum absolute atomic E-state index is 0.391. The lowest BCUT2D eigenvalue weighted by Gasteiger charge is -2.25.